The number of carbonyl (C=O) groups excluding carboxylic acids is 1. The molecule has 70 valence electrons. The predicted molar refractivity (Wildman–Crippen MR) is 51.8 cm³/mol. The van der Waals surface area contributed by atoms with E-state index in [1.54, 1.807) is 31.2 Å². The normalized spacial score (nSPS) is 9.69. The number of nitrogens with two attached hydrogens (primary N) is 2. The van der Waals surface area contributed by atoms with Gasteiger partial charge in [-0.3, -0.25) is 9.80 Å². The number of hydrogen-bond acceptors (Lipinski definition) is 3. The minimum absolute atomic E-state index is 0.249. The molecule has 0 aliphatic rings. The first kappa shape index (κ1) is 9.54. The minimum Gasteiger partial charge on any atom is -0.398 e. The summed E-state index contributed by atoms with van der Waals surface area (Å²) < 4.78 is 0. The maximum absolute atomic E-state index is 11.5. The van der Waals surface area contributed by atoms with E-state index in [4.69, 9.17) is 11.6 Å². The lowest BCUT2D eigenvalue weighted by molar-refractivity contribution is 0.0765. The van der Waals surface area contributed by atoms with Gasteiger partial charge in [-0.2, -0.15) is 0 Å². The maximum atomic E-state index is 11.5. The first-order chi connectivity index (χ1) is 6.16. The van der Waals surface area contributed by atoms with Crippen LogP contribution < -0.4 is 11.6 Å². The van der Waals surface area contributed by atoms with E-state index in [2.05, 4.69) is 0 Å². The highest BCUT2D eigenvalue weighted by molar-refractivity contribution is 5.98. The zero-order valence-electron chi connectivity index (χ0n) is 7.53. The van der Waals surface area contributed by atoms with Crippen molar-refractivity contribution in [3.8, 4) is 0 Å². The Labute approximate surface area is 77.1 Å². The number of rotatable bonds is 2. The zero-order valence-corrected chi connectivity index (χ0v) is 7.53. The molecule has 4 nitrogen and oxygen atoms in total. The molecule has 0 bridgehead atoms. The molecular formula is C9H13N3O. The van der Waals surface area contributed by atoms with Crippen LogP contribution in [0.2, 0.25) is 0 Å². The van der Waals surface area contributed by atoms with E-state index >= 15 is 0 Å². The Morgan fingerprint density at radius 2 is 2.08 bits per heavy atom. The first-order valence-electron chi connectivity index (χ1n) is 4.08. The van der Waals surface area contributed by atoms with Crippen LogP contribution in [0.25, 0.3) is 0 Å². The van der Waals surface area contributed by atoms with Crippen molar-refractivity contribution in [2.24, 2.45) is 5.84 Å². The van der Waals surface area contributed by atoms with E-state index in [9.17, 15) is 4.79 Å². The molecule has 4 N–H and O–H groups in total. The molecule has 0 saturated carbocycles. The van der Waals surface area contributed by atoms with E-state index in [1.165, 1.54) is 0 Å². The van der Waals surface area contributed by atoms with Gasteiger partial charge in [-0.1, -0.05) is 12.1 Å². The maximum Gasteiger partial charge on any atom is 0.269 e. The average Bonchev–Trinajstić information content (AvgIpc) is 2.16. The average molecular weight is 179 g/mol. The Kier molecular flexibility index (Phi) is 2.87. The highest BCUT2D eigenvalue weighted by atomic mass is 16.2. The summed E-state index contributed by atoms with van der Waals surface area (Å²) >= 11 is 0. The number of carbonyl (C=O) groups is 1. The van der Waals surface area contributed by atoms with Gasteiger partial charge in [0.2, 0.25) is 0 Å². The van der Waals surface area contributed by atoms with Crippen LogP contribution in [0.5, 0.6) is 0 Å². The molecule has 0 aliphatic carbocycles. The summed E-state index contributed by atoms with van der Waals surface area (Å²) in [5.41, 5.74) is 6.52. The van der Waals surface area contributed by atoms with Gasteiger partial charge in [-0.15, -0.1) is 0 Å². The number of anilines is 1. The topological polar surface area (TPSA) is 72.3 Å². The van der Waals surface area contributed by atoms with E-state index < -0.39 is 0 Å². The lowest BCUT2D eigenvalue weighted by Crippen LogP contribution is -2.37. The second-order valence-corrected chi connectivity index (χ2v) is 2.68. The van der Waals surface area contributed by atoms with Crippen molar-refractivity contribution >= 4 is 11.6 Å². The van der Waals surface area contributed by atoms with Gasteiger partial charge in [0.05, 0.1) is 5.56 Å². The van der Waals surface area contributed by atoms with Crippen LogP contribution >= 0.6 is 0 Å². The summed E-state index contributed by atoms with van der Waals surface area (Å²) in [6.45, 7) is 2.27. The number of nitrogen functional groups attached to an aromatic ring is 1. The van der Waals surface area contributed by atoms with Crippen molar-refractivity contribution in [1.82, 2.24) is 5.01 Å². The number of hydrogen-bond donors (Lipinski definition) is 2. The predicted octanol–water partition coefficient (Wildman–Crippen LogP) is 0.605. The van der Waals surface area contributed by atoms with Gasteiger partial charge >= 0.3 is 0 Å². The molecular weight excluding hydrogens is 166 g/mol. The molecule has 0 atom stereocenters. The Hall–Kier alpha value is -1.55. The Bertz CT molecular complexity index is 311. The molecule has 0 unspecified atom stereocenters. The van der Waals surface area contributed by atoms with Crippen LogP contribution in [0.15, 0.2) is 24.3 Å². The van der Waals surface area contributed by atoms with Crippen LogP contribution in [0, 0.1) is 0 Å². The zero-order chi connectivity index (χ0) is 9.84. The second kappa shape index (κ2) is 3.91. The SMILES string of the molecule is CCN(N)C(=O)c1ccccc1N. The fraction of sp³-hybridized carbons (Fsp3) is 0.222. The van der Waals surface area contributed by atoms with Crippen molar-refractivity contribution in [1.29, 1.82) is 0 Å². The highest BCUT2D eigenvalue weighted by Gasteiger charge is 2.12. The molecule has 0 saturated heterocycles. The van der Waals surface area contributed by atoms with Crippen LogP contribution in [-0.4, -0.2) is 17.5 Å². The highest BCUT2D eigenvalue weighted by Crippen LogP contribution is 2.11. The van der Waals surface area contributed by atoms with Gasteiger partial charge < -0.3 is 5.73 Å². The third-order valence-corrected chi connectivity index (χ3v) is 1.79. The molecule has 1 aromatic rings. The summed E-state index contributed by atoms with van der Waals surface area (Å²) in [4.78, 5) is 11.5. The van der Waals surface area contributed by atoms with Crippen molar-refractivity contribution in [3.63, 3.8) is 0 Å². The fourth-order valence-corrected chi connectivity index (χ4v) is 0.990. The van der Waals surface area contributed by atoms with Crippen molar-refractivity contribution in [2.75, 3.05) is 12.3 Å². The molecule has 0 spiro atoms. The Balaban J connectivity index is 2.95. The molecule has 0 radical (unpaired) electrons. The van der Waals surface area contributed by atoms with Crippen LogP contribution in [0.3, 0.4) is 0 Å². The number of hydrazine groups is 1. The van der Waals surface area contributed by atoms with Gasteiger partial charge in [0.25, 0.3) is 5.91 Å². The first-order valence-corrected chi connectivity index (χ1v) is 4.08. The summed E-state index contributed by atoms with van der Waals surface area (Å²) in [5, 5.41) is 1.13. The van der Waals surface area contributed by atoms with Crippen LogP contribution in [0.1, 0.15) is 17.3 Å². The van der Waals surface area contributed by atoms with Crippen molar-refractivity contribution in [2.45, 2.75) is 6.92 Å². The minimum atomic E-state index is -0.249. The van der Waals surface area contributed by atoms with E-state index in [0.29, 0.717) is 17.8 Å². The number of benzene rings is 1. The monoisotopic (exact) mass is 179 g/mol. The van der Waals surface area contributed by atoms with Gasteiger partial charge in [0.15, 0.2) is 0 Å². The van der Waals surface area contributed by atoms with Crippen LogP contribution in [0.4, 0.5) is 5.69 Å². The summed E-state index contributed by atoms with van der Waals surface area (Å²) in [5.74, 6) is 5.20. The van der Waals surface area contributed by atoms with Gasteiger partial charge in [-0.25, -0.2) is 5.84 Å². The van der Waals surface area contributed by atoms with Crippen molar-refractivity contribution in [3.05, 3.63) is 29.8 Å². The largest absolute Gasteiger partial charge is 0.398 e. The van der Waals surface area contributed by atoms with Gasteiger partial charge in [-0.05, 0) is 19.1 Å². The fourth-order valence-electron chi connectivity index (χ4n) is 0.990. The molecule has 0 heterocycles. The molecule has 0 fully saturated rings. The summed E-state index contributed by atoms with van der Waals surface area (Å²) in [7, 11) is 0. The molecule has 13 heavy (non-hydrogen) atoms. The van der Waals surface area contributed by atoms with E-state index in [1.807, 2.05) is 0 Å². The lowest BCUT2D eigenvalue weighted by Gasteiger charge is -2.14. The standard InChI is InChI=1S/C9H13N3O/c1-2-12(11)9(13)7-5-3-4-6-8(7)10/h3-6H,2,10-11H2,1H3. The molecule has 1 aromatic carbocycles. The third kappa shape index (κ3) is 1.97. The van der Waals surface area contributed by atoms with Gasteiger partial charge in [0.1, 0.15) is 0 Å². The van der Waals surface area contributed by atoms with Crippen LogP contribution in [-0.2, 0) is 0 Å². The molecule has 0 aliphatic heterocycles. The lowest BCUT2D eigenvalue weighted by atomic mass is 10.1. The summed E-state index contributed by atoms with van der Waals surface area (Å²) in [6.07, 6.45) is 0. The molecule has 1 amide bonds. The second-order valence-electron chi connectivity index (χ2n) is 2.68. The Morgan fingerprint density at radius 1 is 1.46 bits per heavy atom. The molecule has 0 aromatic heterocycles. The smallest absolute Gasteiger partial charge is 0.269 e. The van der Waals surface area contributed by atoms with Gasteiger partial charge in [0, 0.05) is 12.2 Å². The number of amides is 1. The summed E-state index contributed by atoms with van der Waals surface area (Å²) in [6, 6.07) is 6.87. The Morgan fingerprint density at radius 3 is 2.62 bits per heavy atom. The molecule has 1 rings (SSSR count). The quantitative estimate of drug-likeness (QED) is 0.302. The number of para-hydroxylation sites is 1. The van der Waals surface area contributed by atoms with E-state index in [-0.39, 0.29) is 5.91 Å². The van der Waals surface area contributed by atoms with E-state index in [0.717, 1.165) is 5.01 Å². The number of nitrogens with zero attached hydrogens (tertiary/aromatic N) is 1. The van der Waals surface area contributed by atoms with Crippen molar-refractivity contribution < 1.29 is 4.79 Å². The third-order valence-electron chi connectivity index (χ3n) is 1.79. The molecule has 4 heteroatoms.